The molecule has 0 aromatic heterocycles. The minimum Gasteiger partial charge on any atom is -0.309 e. The van der Waals surface area contributed by atoms with Crippen molar-refractivity contribution < 1.29 is 9.13 Å². The van der Waals surface area contributed by atoms with Crippen LogP contribution in [0, 0.1) is 0 Å². The summed E-state index contributed by atoms with van der Waals surface area (Å²) in [4.78, 5) is 0. The van der Waals surface area contributed by atoms with Gasteiger partial charge in [-0.2, -0.15) is 0 Å². The van der Waals surface area contributed by atoms with Crippen molar-refractivity contribution in [2.75, 3.05) is 0 Å². The van der Waals surface area contributed by atoms with E-state index in [4.69, 9.17) is 0 Å². The average molecular weight is 684 g/mol. The third-order valence-electron chi connectivity index (χ3n) is 7.65. The second-order valence-corrected chi connectivity index (χ2v) is 16.7. The van der Waals surface area contributed by atoms with Crippen LogP contribution in [0.3, 0.4) is 0 Å². The van der Waals surface area contributed by atoms with E-state index in [9.17, 15) is 0 Å². The van der Waals surface area contributed by atoms with Crippen LogP contribution >= 0.6 is 46.1 Å². The lowest BCUT2D eigenvalue weighted by Gasteiger charge is -2.21. The fraction of sp³-hybridized carbons (Fsp3) is 0. The molecule has 5 aromatic rings. The molecule has 0 radical (unpaired) electrons. The lowest BCUT2D eigenvalue weighted by Crippen LogP contribution is -2.21. The molecule has 0 unspecified atom stereocenters. The molecule has 2 atom stereocenters. The van der Waals surface area contributed by atoms with Crippen LogP contribution in [0.5, 0.6) is 0 Å². The van der Waals surface area contributed by atoms with Crippen LogP contribution in [0.4, 0.5) is 0 Å². The molecule has 0 aliphatic carbocycles. The van der Waals surface area contributed by atoms with Crippen molar-refractivity contribution in [2.24, 2.45) is 0 Å². The SMILES string of the molecule is O=[P@@]1(c2ccccc2)C(c2ccccc2)=C(Br)c2cc3c(cc21)C(Br)=C(c1ccccc1)[P@]3(=O)c1ccccc1. The van der Waals surface area contributed by atoms with E-state index in [0.29, 0.717) is 0 Å². The molecule has 194 valence electrons. The summed E-state index contributed by atoms with van der Waals surface area (Å²) in [6.45, 7) is 0. The van der Waals surface area contributed by atoms with Crippen LogP contribution in [-0.4, -0.2) is 0 Å². The fourth-order valence-electron chi connectivity index (χ4n) is 5.84. The van der Waals surface area contributed by atoms with E-state index in [-0.39, 0.29) is 0 Å². The number of fused-ring (bicyclic) bond motifs is 2. The predicted octanol–water partition coefficient (Wildman–Crippen LogP) is 8.78. The number of hydrogen-bond donors (Lipinski definition) is 0. The Kier molecular flexibility index (Phi) is 6.37. The zero-order valence-electron chi connectivity index (χ0n) is 21.2. The van der Waals surface area contributed by atoms with Crippen molar-refractivity contribution in [1.29, 1.82) is 0 Å². The summed E-state index contributed by atoms with van der Waals surface area (Å²) in [5.74, 6) is 0. The minimum atomic E-state index is -3.27. The van der Waals surface area contributed by atoms with Crippen LogP contribution in [0.15, 0.2) is 133 Å². The zero-order chi connectivity index (χ0) is 27.5. The maximum Gasteiger partial charge on any atom is 0.173 e. The van der Waals surface area contributed by atoms with Gasteiger partial charge in [0.05, 0.1) is 0 Å². The summed E-state index contributed by atoms with van der Waals surface area (Å²) in [5.41, 5.74) is 3.47. The molecule has 0 N–H and O–H groups in total. The van der Waals surface area contributed by atoms with E-state index in [2.05, 4.69) is 31.9 Å². The van der Waals surface area contributed by atoms with Gasteiger partial charge in [-0.15, -0.1) is 0 Å². The van der Waals surface area contributed by atoms with Gasteiger partial charge in [-0.3, -0.25) is 0 Å². The topological polar surface area (TPSA) is 34.1 Å². The molecule has 40 heavy (non-hydrogen) atoms. The van der Waals surface area contributed by atoms with Crippen LogP contribution in [0.1, 0.15) is 22.3 Å². The van der Waals surface area contributed by atoms with E-state index in [1.165, 1.54) is 0 Å². The van der Waals surface area contributed by atoms with Gasteiger partial charge >= 0.3 is 0 Å². The van der Waals surface area contributed by atoms with Crippen molar-refractivity contribution in [3.63, 3.8) is 0 Å². The molecule has 0 bridgehead atoms. The highest BCUT2D eigenvalue weighted by Crippen LogP contribution is 2.69. The van der Waals surface area contributed by atoms with Crippen molar-refractivity contribution >= 4 is 87.0 Å². The zero-order valence-corrected chi connectivity index (χ0v) is 26.1. The third kappa shape index (κ3) is 3.67. The quantitative estimate of drug-likeness (QED) is 0.178. The Bertz CT molecular complexity index is 1800. The number of hydrogen-bond acceptors (Lipinski definition) is 2. The Hall–Kier alpha value is -3.00. The summed E-state index contributed by atoms with van der Waals surface area (Å²) in [5, 5.41) is 4.61. The van der Waals surface area contributed by atoms with Gasteiger partial charge in [-0.05, 0) is 55.1 Å². The molecule has 2 aliphatic heterocycles. The van der Waals surface area contributed by atoms with Gasteiger partial charge in [0.15, 0.2) is 14.3 Å². The van der Waals surface area contributed by atoms with E-state index in [0.717, 1.165) is 63.1 Å². The van der Waals surface area contributed by atoms with Crippen LogP contribution in [-0.2, 0) is 9.13 Å². The number of halogens is 2. The first-order valence-corrected chi connectivity index (χ1v) is 17.9. The number of rotatable bonds is 4. The Labute approximate surface area is 250 Å². The van der Waals surface area contributed by atoms with Gasteiger partial charge < -0.3 is 9.13 Å². The normalized spacial score (nSPS) is 21.4. The number of benzene rings is 5. The van der Waals surface area contributed by atoms with Crippen molar-refractivity contribution in [2.45, 2.75) is 0 Å². The minimum absolute atomic E-state index is 0.758. The van der Waals surface area contributed by atoms with Gasteiger partial charge in [0.1, 0.15) is 0 Å². The lowest BCUT2D eigenvalue weighted by molar-refractivity contribution is 0.592. The Morgan fingerprint density at radius 1 is 0.425 bits per heavy atom. The molecule has 0 amide bonds. The van der Waals surface area contributed by atoms with Crippen LogP contribution in [0.25, 0.3) is 19.6 Å². The van der Waals surface area contributed by atoms with E-state index < -0.39 is 14.3 Å². The molecule has 0 spiro atoms. The van der Waals surface area contributed by atoms with Crippen molar-refractivity contribution in [1.82, 2.24) is 0 Å². The summed E-state index contributed by atoms with van der Waals surface area (Å²) in [6, 6.07) is 43.3. The van der Waals surface area contributed by atoms with Crippen LogP contribution in [0.2, 0.25) is 0 Å². The summed E-state index contributed by atoms with van der Waals surface area (Å²) in [7, 11) is -6.53. The standard InChI is InChI=1S/C34H22Br2O2P2/c35-31-27-21-30-28(32(36)34(24-15-7-2-8-16-24)40(30,38)26-19-11-4-12-20-26)22-29(27)39(37,25-17-9-3-10-18-25)33(31)23-13-5-1-6-14-23/h1-22H/t39-,40+. The van der Waals surface area contributed by atoms with E-state index in [1.54, 1.807) is 0 Å². The summed E-state index contributed by atoms with van der Waals surface area (Å²) in [6.07, 6.45) is 0. The Balaban J connectivity index is 1.57. The maximum atomic E-state index is 15.5. The molecule has 5 aromatic carbocycles. The molecule has 6 heteroatoms. The second-order valence-electron chi connectivity index (χ2n) is 9.83. The van der Waals surface area contributed by atoms with Crippen LogP contribution < -0.4 is 21.2 Å². The molecule has 0 saturated heterocycles. The highest BCUT2D eigenvalue weighted by atomic mass is 79.9. The van der Waals surface area contributed by atoms with Gasteiger partial charge in [0, 0.05) is 51.9 Å². The smallest absolute Gasteiger partial charge is 0.173 e. The van der Waals surface area contributed by atoms with Crippen molar-refractivity contribution in [3.05, 3.63) is 156 Å². The lowest BCUT2D eigenvalue weighted by atomic mass is 10.1. The molecule has 2 aliphatic rings. The van der Waals surface area contributed by atoms with E-state index >= 15 is 9.13 Å². The van der Waals surface area contributed by atoms with Gasteiger partial charge in [0.25, 0.3) is 0 Å². The second kappa shape index (κ2) is 9.82. The molecule has 2 nitrogen and oxygen atoms in total. The fourth-order valence-corrected chi connectivity index (χ4v) is 15.0. The van der Waals surface area contributed by atoms with E-state index in [1.807, 2.05) is 133 Å². The third-order valence-corrected chi connectivity index (χ3v) is 16.3. The first-order valence-electron chi connectivity index (χ1n) is 12.9. The first-order chi connectivity index (χ1) is 19.5. The van der Waals surface area contributed by atoms with Gasteiger partial charge in [-0.25, -0.2) is 0 Å². The molecular formula is C34H22Br2O2P2. The molecular weight excluding hydrogens is 662 g/mol. The molecule has 2 heterocycles. The monoisotopic (exact) mass is 682 g/mol. The molecule has 7 rings (SSSR count). The average Bonchev–Trinajstić information content (AvgIpc) is 3.38. The highest BCUT2D eigenvalue weighted by Gasteiger charge is 2.48. The van der Waals surface area contributed by atoms with Gasteiger partial charge in [-0.1, -0.05) is 121 Å². The summed E-state index contributed by atoms with van der Waals surface area (Å²) < 4.78 is 32.5. The molecule has 0 saturated carbocycles. The summed E-state index contributed by atoms with van der Waals surface area (Å²) >= 11 is 7.77. The Morgan fingerprint density at radius 2 is 0.725 bits per heavy atom. The van der Waals surface area contributed by atoms with Gasteiger partial charge in [0.2, 0.25) is 0 Å². The van der Waals surface area contributed by atoms with Crippen molar-refractivity contribution in [3.8, 4) is 0 Å². The maximum absolute atomic E-state index is 15.5. The first kappa shape index (κ1) is 25.9. The largest absolute Gasteiger partial charge is 0.309 e. The highest BCUT2D eigenvalue weighted by molar-refractivity contribution is 9.15. The Morgan fingerprint density at radius 3 is 1.05 bits per heavy atom. The molecule has 0 fully saturated rings. The predicted molar refractivity (Wildman–Crippen MR) is 177 cm³/mol.